The van der Waals surface area contributed by atoms with Gasteiger partial charge >= 0.3 is 0 Å². The molecule has 2 aliphatic rings. The second kappa shape index (κ2) is 8.93. The standard InChI is InChI=1S/C27H32N4O/c1-29(2)13-14-30-15-17-31(18-16-30)23-7-4-6-22(19-23)28-27(32)25-12-11-21-10-9-20-5-3-8-24(25)26(20)21/h3-8,11-12,19H,9-10,13-18H2,1-2H3,(H,28,32). The summed E-state index contributed by atoms with van der Waals surface area (Å²) in [7, 11) is 4.25. The summed E-state index contributed by atoms with van der Waals surface area (Å²) in [5.74, 6) is -0.0359. The molecular formula is C27H32N4O. The molecule has 3 aromatic carbocycles. The minimum Gasteiger partial charge on any atom is -0.369 e. The van der Waals surface area contributed by atoms with Crippen molar-refractivity contribution in [3.05, 3.63) is 71.3 Å². The number of nitrogens with one attached hydrogen (secondary N) is 1. The quantitative estimate of drug-likeness (QED) is 0.647. The first kappa shape index (κ1) is 21.0. The van der Waals surface area contributed by atoms with Crippen LogP contribution >= 0.6 is 0 Å². The SMILES string of the molecule is CN(C)CCN1CCN(c2cccc(NC(=O)c3ccc4c5c(cccc35)CC4)c2)CC1. The molecule has 0 unspecified atom stereocenters. The number of nitrogens with zero attached hydrogens (tertiary/aromatic N) is 3. The summed E-state index contributed by atoms with van der Waals surface area (Å²) >= 11 is 0. The van der Waals surface area contributed by atoms with Crippen LogP contribution in [-0.2, 0) is 12.8 Å². The van der Waals surface area contributed by atoms with Crippen molar-refractivity contribution in [1.29, 1.82) is 0 Å². The number of piperazine rings is 1. The van der Waals surface area contributed by atoms with Crippen LogP contribution in [0.3, 0.4) is 0 Å². The number of rotatable bonds is 6. The van der Waals surface area contributed by atoms with Gasteiger partial charge in [-0.3, -0.25) is 9.69 Å². The van der Waals surface area contributed by atoms with Gasteiger partial charge in [-0.15, -0.1) is 0 Å². The highest BCUT2D eigenvalue weighted by Crippen LogP contribution is 2.33. The van der Waals surface area contributed by atoms with Crippen molar-refractivity contribution in [2.75, 3.05) is 63.6 Å². The lowest BCUT2D eigenvalue weighted by Crippen LogP contribution is -2.48. The summed E-state index contributed by atoms with van der Waals surface area (Å²) in [5.41, 5.74) is 5.51. The van der Waals surface area contributed by atoms with E-state index in [4.69, 9.17) is 0 Å². The maximum absolute atomic E-state index is 13.2. The van der Waals surface area contributed by atoms with Gasteiger partial charge in [0.15, 0.2) is 0 Å². The molecule has 0 bridgehead atoms. The largest absolute Gasteiger partial charge is 0.369 e. The van der Waals surface area contributed by atoms with Gasteiger partial charge in [0.1, 0.15) is 0 Å². The van der Waals surface area contributed by atoms with Gasteiger partial charge in [0.25, 0.3) is 5.91 Å². The molecule has 5 heteroatoms. The summed E-state index contributed by atoms with van der Waals surface area (Å²) in [5, 5.41) is 5.50. The van der Waals surface area contributed by atoms with Gasteiger partial charge in [-0.2, -0.15) is 0 Å². The van der Waals surface area contributed by atoms with Gasteiger partial charge in [-0.05, 0) is 73.1 Å². The van der Waals surface area contributed by atoms with E-state index in [1.54, 1.807) is 0 Å². The van der Waals surface area contributed by atoms with Crippen molar-refractivity contribution in [3.63, 3.8) is 0 Å². The van der Waals surface area contributed by atoms with E-state index in [2.05, 4.69) is 70.5 Å². The van der Waals surface area contributed by atoms with Gasteiger partial charge in [-0.1, -0.05) is 30.3 Å². The Morgan fingerprint density at radius 2 is 1.69 bits per heavy atom. The smallest absolute Gasteiger partial charge is 0.256 e. The van der Waals surface area contributed by atoms with Crippen molar-refractivity contribution in [1.82, 2.24) is 9.80 Å². The van der Waals surface area contributed by atoms with Crippen molar-refractivity contribution in [3.8, 4) is 0 Å². The molecule has 1 saturated heterocycles. The second-order valence-electron chi connectivity index (χ2n) is 9.25. The number of anilines is 2. The molecule has 166 valence electrons. The van der Waals surface area contributed by atoms with Crippen LogP contribution < -0.4 is 10.2 Å². The lowest BCUT2D eigenvalue weighted by atomic mass is 9.99. The number of carbonyl (C=O) groups excluding carboxylic acids is 1. The molecule has 0 radical (unpaired) electrons. The molecule has 0 saturated carbocycles. The van der Waals surface area contributed by atoms with Crippen LogP contribution in [-0.4, -0.2) is 69.1 Å². The van der Waals surface area contributed by atoms with Crippen LogP contribution in [0.4, 0.5) is 11.4 Å². The fourth-order valence-corrected chi connectivity index (χ4v) is 4.99. The Hall–Kier alpha value is -2.89. The van der Waals surface area contributed by atoms with Gasteiger partial charge < -0.3 is 15.1 Å². The monoisotopic (exact) mass is 428 g/mol. The van der Waals surface area contributed by atoms with Crippen LogP contribution in [0.15, 0.2) is 54.6 Å². The maximum Gasteiger partial charge on any atom is 0.256 e. The molecular weight excluding hydrogens is 396 g/mol. The topological polar surface area (TPSA) is 38.8 Å². The Balaban J connectivity index is 1.28. The average Bonchev–Trinajstić information content (AvgIpc) is 3.23. The van der Waals surface area contributed by atoms with Crippen LogP contribution in [0, 0.1) is 0 Å². The van der Waals surface area contributed by atoms with E-state index in [1.807, 2.05) is 18.2 Å². The van der Waals surface area contributed by atoms with E-state index < -0.39 is 0 Å². The van der Waals surface area contributed by atoms with Gasteiger partial charge in [0.05, 0.1) is 0 Å². The first-order valence-electron chi connectivity index (χ1n) is 11.7. The number of likely N-dealkylation sites (N-methyl/N-ethyl adjacent to an activating group) is 1. The molecule has 1 aliphatic carbocycles. The van der Waals surface area contributed by atoms with Crippen molar-refractivity contribution in [2.45, 2.75) is 12.8 Å². The molecule has 1 aliphatic heterocycles. The Labute approximate surface area is 190 Å². The Bertz CT molecular complexity index is 1120. The highest BCUT2D eigenvalue weighted by Gasteiger charge is 2.20. The fourth-order valence-electron chi connectivity index (χ4n) is 4.99. The molecule has 32 heavy (non-hydrogen) atoms. The predicted molar refractivity (Wildman–Crippen MR) is 133 cm³/mol. The number of benzene rings is 3. The molecule has 0 aromatic heterocycles. The molecule has 1 heterocycles. The first-order valence-corrected chi connectivity index (χ1v) is 11.7. The van der Waals surface area contributed by atoms with Crippen molar-refractivity contribution in [2.24, 2.45) is 0 Å². The van der Waals surface area contributed by atoms with Crippen LogP contribution in [0.25, 0.3) is 10.8 Å². The van der Waals surface area contributed by atoms with E-state index in [0.717, 1.165) is 68.7 Å². The Kier molecular flexibility index (Phi) is 5.85. The van der Waals surface area contributed by atoms with E-state index in [1.165, 1.54) is 22.2 Å². The Morgan fingerprint density at radius 3 is 2.47 bits per heavy atom. The number of hydrogen-bond acceptors (Lipinski definition) is 4. The maximum atomic E-state index is 13.2. The Morgan fingerprint density at radius 1 is 0.938 bits per heavy atom. The van der Waals surface area contributed by atoms with E-state index >= 15 is 0 Å². The number of aryl methyl sites for hydroxylation is 2. The molecule has 1 fully saturated rings. The summed E-state index contributed by atoms with van der Waals surface area (Å²) in [6.07, 6.45) is 2.14. The van der Waals surface area contributed by atoms with Crippen molar-refractivity contribution >= 4 is 28.1 Å². The van der Waals surface area contributed by atoms with E-state index in [-0.39, 0.29) is 5.91 Å². The minimum atomic E-state index is -0.0359. The zero-order valence-electron chi connectivity index (χ0n) is 19.1. The molecule has 3 aromatic rings. The fraction of sp³-hybridized carbons (Fsp3) is 0.370. The van der Waals surface area contributed by atoms with Crippen LogP contribution in [0.2, 0.25) is 0 Å². The summed E-state index contributed by atoms with van der Waals surface area (Å²) in [6.45, 7) is 6.39. The first-order chi connectivity index (χ1) is 15.6. The molecule has 5 rings (SSSR count). The van der Waals surface area contributed by atoms with E-state index in [9.17, 15) is 4.79 Å². The minimum absolute atomic E-state index is 0.0359. The highest BCUT2D eigenvalue weighted by atomic mass is 16.1. The number of hydrogen-bond donors (Lipinski definition) is 1. The lowest BCUT2D eigenvalue weighted by Gasteiger charge is -2.36. The van der Waals surface area contributed by atoms with Gasteiger partial charge in [0, 0.05) is 56.2 Å². The molecule has 0 spiro atoms. The molecule has 1 N–H and O–H groups in total. The highest BCUT2D eigenvalue weighted by molar-refractivity contribution is 6.14. The zero-order chi connectivity index (χ0) is 22.1. The number of carbonyl (C=O) groups is 1. The van der Waals surface area contributed by atoms with Crippen LogP contribution in [0.5, 0.6) is 0 Å². The average molecular weight is 429 g/mol. The van der Waals surface area contributed by atoms with Crippen molar-refractivity contribution < 1.29 is 4.79 Å². The summed E-state index contributed by atoms with van der Waals surface area (Å²) in [4.78, 5) is 20.4. The summed E-state index contributed by atoms with van der Waals surface area (Å²) < 4.78 is 0. The molecule has 1 amide bonds. The molecule has 0 atom stereocenters. The third-order valence-electron chi connectivity index (χ3n) is 6.83. The normalized spacial score (nSPS) is 16.2. The summed E-state index contributed by atoms with van der Waals surface area (Å²) in [6, 6.07) is 18.7. The van der Waals surface area contributed by atoms with E-state index in [0.29, 0.717) is 0 Å². The lowest BCUT2D eigenvalue weighted by molar-refractivity contribution is 0.102. The number of amides is 1. The third-order valence-corrected chi connectivity index (χ3v) is 6.83. The second-order valence-corrected chi connectivity index (χ2v) is 9.25. The van der Waals surface area contributed by atoms with Gasteiger partial charge in [0.2, 0.25) is 0 Å². The predicted octanol–water partition coefficient (Wildman–Crippen LogP) is 3.87. The van der Waals surface area contributed by atoms with Gasteiger partial charge in [-0.25, -0.2) is 0 Å². The van der Waals surface area contributed by atoms with Crippen LogP contribution in [0.1, 0.15) is 21.5 Å². The zero-order valence-corrected chi connectivity index (χ0v) is 19.1. The molecule has 5 nitrogen and oxygen atoms in total. The third kappa shape index (κ3) is 4.23.